The number of aromatic hydroxyl groups is 1. The molecule has 0 radical (unpaired) electrons. The van der Waals surface area contributed by atoms with Crippen molar-refractivity contribution in [2.45, 2.75) is 6.92 Å². The third-order valence-corrected chi connectivity index (χ3v) is 3.43. The number of hydrogen-bond donors (Lipinski definition) is 4. The number of nitrogen functional groups attached to an aromatic ring is 2. The van der Waals surface area contributed by atoms with Crippen LogP contribution in [0.4, 0.5) is 17.1 Å². The molecule has 7 nitrogen and oxygen atoms in total. The molecule has 3 aromatic rings. The zero-order valence-electron chi connectivity index (χ0n) is 15.3. The van der Waals surface area contributed by atoms with Crippen molar-refractivity contribution >= 4 is 28.9 Å². The minimum absolute atomic E-state index is 0.0743. The number of phenolic OH excluding ortho intramolecular Hbond substituents is 1. The molecule has 144 valence electrons. The van der Waals surface area contributed by atoms with Crippen LogP contribution in [0.1, 0.15) is 17.3 Å². The summed E-state index contributed by atoms with van der Waals surface area (Å²) in [6.45, 7) is 1.47. The van der Waals surface area contributed by atoms with Gasteiger partial charge in [-0.15, -0.1) is 0 Å². The third kappa shape index (κ3) is 6.38. The molecule has 3 rings (SSSR count). The standard InChI is InChI=1S/C13H11NO3.C8H10N2O/c14-9-6-7-11(12(15)8-9)13(16)17-10-4-2-1-3-5-10;1-6(11)10-8-4-2-7(9)3-5-8/h1-8,15H,14H2;2-5H,9H2,1H3,(H,10,11). The Morgan fingerprint density at radius 1 is 0.893 bits per heavy atom. The number of rotatable bonds is 3. The van der Waals surface area contributed by atoms with E-state index in [-0.39, 0.29) is 17.2 Å². The quantitative estimate of drug-likeness (QED) is 0.314. The molecule has 0 spiro atoms. The van der Waals surface area contributed by atoms with Crippen LogP contribution in [0.5, 0.6) is 11.5 Å². The van der Waals surface area contributed by atoms with E-state index in [0.29, 0.717) is 17.1 Å². The summed E-state index contributed by atoms with van der Waals surface area (Å²) in [5.74, 6) is -0.455. The maximum absolute atomic E-state index is 11.7. The van der Waals surface area contributed by atoms with E-state index in [2.05, 4.69) is 5.32 Å². The van der Waals surface area contributed by atoms with E-state index in [0.717, 1.165) is 5.69 Å². The average Bonchev–Trinajstić information content (AvgIpc) is 2.64. The lowest BCUT2D eigenvalue weighted by atomic mass is 10.2. The number of esters is 1. The minimum Gasteiger partial charge on any atom is -0.507 e. The lowest BCUT2D eigenvalue weighted by Crippen LogP contribution is -2.08. The maximum atomic E-state index is 11.7. The van der Waals surface area contributed by atoms with Gasteiger partial charge >= 0.3 is 5.97 Å². The van der Waals surface area contributed by atoms with Crippen molar-refractivity contribution in [2.24, 2.45) is 0 Å². The topological polar surface area (TPSA) is 128 Å². The molecule has 0 unspecified atom stereocenters. The number of hydrogen-bond acceptors (Lipinski definition) is 6. The number of nitrogens with one attached hydrogen (secondary N) is 1. The summed E-state index contributed by atoms with van der Waals surface area (Å²) in [5, 5.41) is 12.2. The summed E-state index contributed by atoms with van der Waals surface area (Å²) in [6, 6.07) is 19.9. The van der Waals surface area contributed by atoms with E-state index < -0.39 is 5.97 Å². The molecule has 0 aliphatic heterocycles. The molecule has 0 aliphatic carbocycles. The fourth-order valence-corrected chi connectivity index (χ4v) is 2.14. The first-order valence-corrected chi connectivity index (χ1v) is 8.34. The van der Waals surface area contributed by atoms with Crippen molar-refractivity contribution < 1.29 is 19.4 Å². The van der Waals surface area contributed by atoms with Crippen molar-refractivity contribution in [1.29, 1.82) is 0 Å². The Morgan fingerprint density at radius 3 is 2.07 bits per heavy atom. The van der Waals surface area contributed by atoms with Gasteiger partial charge in [0.05, 0.1) is 0 Å². The van der Waals surface area contributed by atoms with Crippen molar-refractivity contribution in [3.63, 3.8) is 0 Å². The second kappa shape index (κ2) is 9.63. The number of anilines is 3. The van der Waals surface area contributed by atoms with Crippen LogP contribution in [-0.4, -0.2) is 17.0 Å². The van der Waals surface area contributed by atoms with E-state index in [1.807, 2.05) is 6.07 Å². The van der Waals surface area contributed by atoms with E-state index in [9.17, 15) is 14.7 Å². The zero-order valence-corrected chi connectivity index (χ0v) is 15.3. The summed E-state index contributed by atoms with van der Waals surface area (Å²) in [7, 11) is 0. The molecule has 0 saturated carbocycles. The average molecular weight is 379 g/mol. The lowest BCUT2D eigenvalue weighted by molar-refractivity contribution is -0.114. The molecule has 0 aromatic heterocycles. The van der Waals surface area contributed by atoms with Crippen LogP contribution in [0.15, 0.2) is 72.8 Å². The Balaban J connectivity index is 0.000000221. The summed E-state index contributed by atoms with van der Waals surface area (Å²) in [6.07, 6.45) is 0. The van der Waals surface area contributed by atoms with Crippen LogP contribution in [0.3, 0.4) is 0 Å². The monoisotopic (exact) mass is 379 g/mol. The molecule has 7 heteroatoms. The largest absolute Gasteiger partial charge is 0.507 e. The van der Waals surface area contributed by atoms with Gasteiger partial charge in [0.2, 0.25) is 5.91 Å². The van der Waals surface area contributed by atoms with Crippen molar-refractivity contribution in [3.05, 3.63) is 78.4 Å². The van der Waals surface area contributed by atoms with Crippen LogP contribution in [-0.2, 0) is 4.79 Å². The number of carbonyl (C=O) groups excluding carboxylic acids is 2. The van der Waals surface area contributed by atoms with Gasteiger partial charge in [-0.2, -0.15) is 0 Å². The maximum Gasteiger partial charge on any atom is 0.347 e. The number of benzene rings is 3. The molecule has 6 N–H and O–H groups in total. The second-order valence-electron chi connectivity index (χ2n) is 5.78. The van der Waals surface area contributed by atoms with Crippen molar-refractivity contribution in [1.82, 2.24) is 0 Å². The third-order valence-electron chi connectivity index (χ3n) is 3.43. The highest BCUT2D eigenvalue weighted by Gasteiger charge is 2.13. The highest BCUT2D eigenvalue weighted by Crippen LogP contribution is 2.22. The SMILES string of the molecule is CC(=O)Nc1ccc(N)cc1.Nc1ccc(C(=O)Oc2ccccc2)c(O)c1. The number of amides is 1. The van der Waals surface area contributed by atoms with E-state index in [4.69, 9.17) is 16.2 Å². The molecule has 28 heavy (non-hydrogen) atoms. The number of para-hydroxylation sites is 1. The smallest absolute Gasteiger partial charge is 0.347 e. The van der Waals surface area contributed by atoms with Crippen LogP contribution in [0.2, 0.25) is 0 Å². The van der Waals surface area contributed by atoms with Crippen molar-refractivity contribution in [2.75, 3.05) is 16.8 Å². The zero-order chi connectivity index (χ0) is 20.5. The molecule has 0 atom stereocenters. The predicted molar refractivity (Wildman–Crippen MR) is 109 cm³/mol. The van der Waals surface area contributed by atoms with Gasteiger partial charge in [-0.25, -0.2) is 4.79 Å². The number of carbonyl (C=O) groups is 2. The Kier molecular flexibility index (Phi) is 6.99. The predicted octanol–water partition coefficient (Wildman–Crippen LogP) is 3.42. The van der Waals surface area contributed by atoms with Gasteiger partial charge < -0.3 is 26.6 Å². The molecule has 0 saturated heterocycles. The molecule has 0 bridgehead atoms. The fraction of sp³-hybridized carbons (Fsp3) is 0.0476. The fourth-order valence-electron chi connectivity index (χ4n) is 2.14. The van der Waals surface area contributed by atoms with Crippen molar-refractivity contribution in [3.8, 4) is 11.5 Å². The van der Waals surface area contributed by atoms with Gasteiger partial charge in [0.25, 0.3) is 0 Å². The Labute approximate surface area is 162 Å². The second-order valence-corrected chi connectivity index (χ2v) is 5.78. The van der Waals surface area contributed by atoms with Gasteiger partial charge in [0.1, 0.15) is 17.1 Å². The summed E-state index contributed by atoms with van der Waals surface area (Å²) in [4.78, 5) is 22.3. The number of phenols is 1. The summed E-state index contributed by atoms with van der Waals surface area (Å²) >= 11 is 0. The van der Waals surface area contributed by atoms with E-state index in [1.165, 1.54) is 25.1 Å². The number of ether oxygens (including phenoxy) is 1. The summed E-state index contributed by atoms with van der Waals surface area (Å²) in [5.41, 5.74) is 12.9. The normalized spacial score (nSPS) is 9.61. The van der Waals surface area contributed by atoms with Crippen LogP contribution < -0.4 is 21.5 Å². The molecule has 0 aliphatic rings. The highest BCUT2D eigenvalue weighted by molar-refractivity contribution is 5.94. The van der Waals surface area contributed by atoms with Gasteiger partial charge in [-0.1, -0.05) is 18.2 Å². The number of nitrogens with two attached hydrogens (primary N) is 2. The van der Waals surface area contributed by atoms with E-state index in [1.54, 1.807) is 48.5 Å². The van der Waals surface area contributed by atoms with Gasteiger partial charge in [-0.3, -0.25) is 4.79 Å². The first-order chi connectivity index (χ1) is 13.3. The van der Waals surface area contributed by atoms with Gasteiger partial charge in [0.15, 0.2) is 0 Å². The minimum atomic E-state index is -0.617. The van der Waals surface area contributed by atoms with Gasteiger partial charge in [-0.05, 0) is 48.5 Å². The Bertz CT molecular complexity index is 942. The Hall–Kier alpha value is -4.00. The molecular weight excluding hydrogens is 358 g/mol. The molecule has 0 fully saturated rings. The molecular formula is C21H21N3O4. The Morgan fingerprint density at radius 2 is 1.50 bits per heavy atom. The molecule has 1 amide bonds. The van der Waals surface area contributed by atoms with E-state index >= 15 is 0 Å². The van der Waals surface area contributed by atoms with Crippen LogP contribution in [0, 0.1) is 0 Å². The summed E-state index contributed by atoms with van der Waals surface area (Å²) < 4.78 is 5.08. The van der Waals surface area contributed by atoms with Crippen LogP contribution >= 0.6 is 0 Å². The first kappa shape index (κ1) is 20.3. The first-order valence-electron chi connectivity index (χ1n) is 8.34. The lowest BCUT2D eigenvalue weighted by Gasteiger charge is -2.06. The molecule has 3 aromatic carbocycles. The highest BCUT2D eigenvalue weighted by atomic mass is 16.5. The van der Waals surface area contributed by atoms with Gasteiger partial charge in [0, 0.05) is 30.1 Å². The van der Waals surface area contributed by atoms with Crippen LogP contribution in [0.25, 0.3) is 0 Å². The molecule has 0 heterocycles.